The molecule has 160 valence electrons. The smallest absolute Gasteiger partial charge is 0.200 e. The maximum atomic E-state index is 12.8. The quantitative estimate of drug-likeness (QED) is 0.435. The van der Waals surface area contributed by atoms with Crippen molar-refractivity contribution in [3.63, 3.8) is 0 Å². The Morgan fingerprint density at radius 1 is 1.27 bits per heavy atom. The highest BCUT2D eigenvalue weighted by Gasteiger charge is 2.24. The maximum Gasteiger partial charge on any atom is 0.200 e. The first-order valence-corrected chi connectivity index (χ1v) is 10.6. The number of aromatic nitrogens is 2. The molecule has 3 rings (SSSR count). The van der Waals surface area contributed by atoms with Gasteiger partial charge >= 0.3 is 0 Å². The topological polar surface area (TPSA) is 96.2 Å². The normalized spacial score (nSPS) is 11.5. The predicted molar refractivity (Wildman–Crippen MR) is 120 cm³/mol. The van der Waals surface area contributed by atoms with E-state index >= 15 is 0 Å². The van der Waals surface area contributed by atoms with Gasteiger partial charge in [0.05, 0.1) is 11.3 Å². The standard InChI is InChI=1S/C17H13BrN2O3.C6H14O/c1-9(21)14-7-12(8-19-14)17(22)15-10(2)23-20-16(15)11-3-5-13(18)6-4-11;1-3-4-6(2)5-7/h3-8,19H,1-2H3;6-7H,3-5H2,1-2H3/t;6-/m.0/s1. The lowest BCUT2D eigenvalue weighted by molar-refractivity contribution is 0.101. The van der Waals surface area contributed by atoms with Crippen molar-refractivity contribution in [3.8, 4) is 11.3 Å². The summed E-state index contributed by atoms with van der Waals surface area (Å²) in [5.74, 6) is 0.591. The number of Topliss-reactive ketones (excluding diaryl/α,β-unsaturated/α-hetero) is 1. The van der Waals surface area contributed by atoms with Gasteiger partial charge in [-0.05, 0) is 37.5 Å². The Bertz CT molecular complexity index is 989. The van der Waals surface area contributed by atoms with Gasteiger partial charge in [0.1, 0.15) is 11.5 Å². The van der Waals surface area contributed by atoms with Crippen LogP contribution < -0.4 is 0 Å². The van der Waals surface area contributed by atoms with E-state index in [1.54, 1.807) is 13.0 Å². The molecule has 2 aromatic heterocycles. The van der Waals surface area contributed by atoms with Crippen LogP contribution in [0.1, 0.15) is 65.8 Å². The zero-order chi connectivity index (χ0) is 22.3. The summed E-state index contributed by atoms with van der Waals surface area (Å²) in [6.07, 6.45) is 3.86. The maximum absolute atomic E-state index is 12.8. The van der Waals surface area contributed by atoms with E-state index in [-0.39, 0.29) is 11.6 Å². The van der Waals surface area contributed by atoms with E-state index in [0.29, 0.717) is 40.8 Å². The number of carbonyl (C=O) groups excluding carboxylic acids is 2. The first-order chi connectivity index (χ1) is 14.3. The Morgan fingerprint density at radius 3 is 2.43 bits per heavy atom. The average Bonchev–Trinajstić information content (AvgIpc) is 3.36. The van der Waals surface area contributed by atoms with E-state index in [2.05, 4.69) is 39.9 Å². The Balaban J connectivity index is 0.000000396. The zero-order valence-electron chi connectivity index (χ0n) is 17.7. The fourth-order valence-corrected chi connectivity index (χ4v) is 3.17. The number of nitrogens with zero attached hydrogens (tertiary/aromatic N) is 1. The monoisotopic (exact) mass is 474 g/mol. The Labute approximate surface area is 184 Å². The number of halogens is 1. The van der Waals surface area contributed by atoms with Gasteiger partial charge in [0.2, 0.25) is 0 Å². The van der Waals surface area contributed by atoms with Crippen LogP contribution in [0.5, 0.6) is 0 Å². The number of benzene rings is 1. The molecule has 0 saturated carbocycles. The third-order valence-electron chi connectivity index (χ3n) is 4.63. The molecule has 0 spiro atoms. The van der Waals surface area contributed by atoms with Gasteiger partial charge in [0.15, 0.2) is 11.6 Å². The number of H-pyrrole nitrogens is 1. The van der Waals surface area contributed by atoms with E-state index in [9.17, 15) is 9.59 Å². The van der Waals surface area contributed by atoms with E-state index in [4.69, 9.17) is 9.63 Å². The molecule has 2 heterocycles. The molecule has 0 saturated heterocycles. The van der Waals surface area contributed by atoms with Gasteiger partial charge in [0.25, 0.3) is 0 Å². The summed E-state index contributed by atoms with van der Waals surface area (Å²) >= 11 is 3.38. The molecule has 30 heavy (non-hydrogen) atoms. The van der Waals surface area contributed by atoms with Crippen molar-refractivity contribution < 1.29 is 19.2 Å². The van der Waals surface area contributed by atoms with Gasteiger partial charge in [-0.1, -0.05) is 53.5 Å². The van der Waals surface area contributed by atoms with Gasteiger partial charge in [-0.25, -0.2) is 0 Å². The molecular formula is C23H27BrN2O4. The van der Waals surface area contributed by atoms with Gasteiger partial charge in [-0.15, -0.1) is 0 Å². The number of rotatable bonds is 7. The molecule has 0 aliphatic rings. The van der Waals surface area contributed by atoms with Crippen LogP contribution in [-0.4, -0.2) is 33.4 Å². The van der Waals surface area contributed by atoms with Crippen molar-refractivity contribution in [2.45, 2.75) is 40.5 Å². The number of aromatic amines is 1. The third kappa shape index (κ3) is 6.00. The Morgan fingerprint density at radius 2 is 1.93 bits per heavy atom. The second kappa shape index (κ2) is 11.0. The van der Waals surface area contributed by atoms with Crippen LogP contribution in [0.4, 0.5) is 0 Å². The SMILES string of the molecule is CC(=O)c1cc(C(=O)c2c(-c3ccc(Br)cc3)noc2C)c[nH]1.CCC[C@H](C)CO. The molecule has 7 heteroatoms. The summed E-state index contributed by atoms with van der Waals surface area (Å²) in [5.41, 5.74) is 2.48. The highest BCUT2D eigenvalue weighted by atomic mass is 79.9. The number of hydrogen-bond donors (Lipinski definition) is 2. The largest absolute Gasteiger partial charge is 0.396 e. The van der Waals surface area contributed by atoms with Gasteiger partial charge in [0, 0.05) is 35.3 Å². The van der Waals surface area contributed by atoms with E-state index in [1.807, 2.05) is 24.3 Å². The fraction of sp³-hybridized carbons (Fsp3) is 0.348. The summed E-state index contributed by atoms with van der Waals surface area (Å²) in [6, 6.07) is 9.00. The number of aliphatic hydroxyl groups excluding tert-OH is 1. The summed E-state index contributed by atoms with van der Waals surface area (Å²) in [7, 11) is 0. The Kier molecular flexibility index (Phi) is 8.74. The van der Waals surface area contributed by atoms with E-state index in [0.717, 1.165) is 16.5 Å². The summed E-state index contributed by atoms with van der Waals surface area (Å²) < 4.78 is 6.15. The summed E-state index contributed by atoms with van der Waals surface area (Å²) in [5, 5.41) is 12.5. The van der Waals surface area contributed by atoms with Crippen LogP contribution >= 0.6 is 15.9 Å². The number of carbonyl (C=O) groups is 2. The lowest BCUT2D eigenvalue weighted by Gasteiger charge is -2.01. The lowest BCUT2D eigenvalue weighted by Crippen LogP contribution is -2.02. The van der Waals surface area contributed by atoms with Crippen molar-refractivity contribution in [1.29, 1.82) is 0 Å². The Hall–Kier alpha value is -2.51. The number of aliphatic hydroxyl groups is 1. The number of aryl methyl sites for hydroxylation is 1. The van der Waals surface area contributed by atoms with Crippen molar-refractivity contribution in [1.82, 2.24) is 10.1 Å². The second-order valence-corrected chi connectivity index (χ2v) is 8.15. The molecule has 0 aliphatic heterocycles. The van der Waals surface area contributed by atoms with Crippen LogP contribution in [0.3, 0.4) is 0 Å². The van der Waals surface area contributed by atoms with Crippen molar-refractivity contribution in [2.75, 3.05) is 6.61 Å². The number of nitrogens with one attached hydrogen (secondary N) is 1. The van der Waals surface area contributed by atoms with Crippen LogP contribution in [-0.2, 0) is 0 Å². The highest BCUT2D eigenvalue weighted by molar-refractivity contribution is 9.10. The molecule has 0 unspecified atom stereocenters. The number of ketones is 2. The summed E-state index contributed by atoms with van der Waals surface area (Å²) in [6.45, 7) is 7.67. The first-order valence-electron chi connectivity index (χ1n) is 9.85. The minimum Gasteiger partial charge on any atom is -0.396 e. The van der Waals surface area contributed by atoms with Crippen LogP contribution in [0, 0.1) is 12.8 Å². The van der Waals surface area contributed by atoms with Crippen molar-refractivity contribution in [3.05, 3.63) is 63.6 Å². The van der Waals surface area contributed by atoms with Crippen molar-refractivity contribution in [2.24, 2.45) is 5.92 Å². The van der Waals surface area contributed by atoms with Crippen molar-refractivity contribution >= 4 is 27.5 Å². The molecule has 0 radical (unpaired) electrons. The van der Waals surface area contributed by atoms with Gasteiger partial charge in [-0.3, -0.25) is 9.59 Å². The minimum absolute atomic E-state index is 0.126. The molecule has 2 N–H and O–H groups in total. The molecular weight excluding hydrogens is 448 g/mol. The lowest BCUT2D eigenvalue weighted by atomic mass is 9.99. The molecule has 0 fully saturated rings. The molecule has 6 nitrogen and oxygen atoms in total. The highest BCUT2D eigenvalue weighted by Crippen LogP contribution is 2.28. The molecule has 1 aromatic carbocycles. The van der Waals surface area contributed by atoms with Crippen LogP contribution in [0.2, 0.25) is 0 Å². The molecule has 3 aromatic rings. The van der Waals surface area contributed by atoms with Crippen LogP contribution in [0.25, 0.3) is 11.3 Å². The number of hydrogen-bond acceptors (Lipinski definition) is 5. The van der Waals surface area contributed by atoms with Gasteiger partial charge < -0.3 is 14.6 Å². The fourth-order valence-electron chi connectivity index (χ4n) is 2.90. The first kappa shape index (κ1) is 23.8. The van der Waals surface area contributed by atoms with Gasteiger partial charge in [-0.2, -0.15) is 0 Å². The van der Waals surface area contributed by atoms with E-state index < -0.39 is 0 Å². The van der Waals surface area contributed by atoms with Crippen LogP contribution in [0.15, 0.2) is 45.5 Å². The van der Waals surface area contributed by atoms with E-state index in [1.165, 1.54) is 19.5 Å². The second-order valence-electron chi connectivity index (χ2n) is 7.23. The minimum atomic E-state index is -0.231. The average molecular weight is 475 g/mol. The molecule has 0 amide bonds. The molecule has 0 bridgehead atoms. The third-order valence-corrected chi connectivity index (χ3v) is 5.15. The predicted octanol–water partition coefficient (Wildman–Crippen LogP) is 5.59. The summed E-state index contributed by atoms with van der Waals surface area (Å²) in [4.78, 5) is 27.0. The zero-order valence-corrected chi connectivity index (χ0v) is 19.2. The molecule has 1 atom stereocenters. The molecule has 0 aliphatic carbocycles.